The molecule has 2 N–H and O–H groups in total. The van der Waals surface area contributed by atoms with Gasteiger partial charge in [0.25, 0.3) is 0 Å². The Balaban J connectivity index is 2.13. The van der Waals surface area contributed by atoms with E-state index in [0.717, 1.165) is 6.54 Å². The lowest BCUT2D eigenvalue weighted by Gasteiger charge is -2.09. The first-order chi connectivity index (χ1) is 6.25. The third-order valence-electron chi connectivity index (χ3n) is 2.67. The Bertz CT molecular complexity index is 281. The van der Waals surface area contributed by atoms with Crippen LogP contribution in [0.15, 0.2) is 18.3 Å². The Morgan fingerprint density at radius 1 is 1.54 bits per heavy atom. The Labute approximate surface area is 78.6 Å². The van der Waals surface area contributed by atoms with E-state index in [1.807, 2.05) is 12.3 Å². The summed E-state index contributed by atoms with van der Waals surface area (Å²) in [4.78, 5) is 6.46. The van der Waals surface area contributed by atoms with Crippen LogP contribution in [0.3, 0.4) is 0 Å². The number of nitrogen functional groups attached to an aromatic ring is 1. The number of likely N-dealkylation sites (N-methyl/N-ethyl adjacent to an activating group) is 1. The van der Waals surface area contributed by atoms with Crippen LogP contribution in [0, 0.1) is 0 Å². The van der Waals surface area contributed by atoms with Crippen molar-refractivity contribution >= 4 is 5.82 Å². The molecule has 3 heteroatoms. The minimum absolute atomic E-state index is 0.607. The molecule has 0 amide bonds. The first kappa shape index (κ1) is 8.51. The number of hydrogen-bond donors (Lipinski definition) is 1. The third kappa shape index (κ3) is 1.80. The summed E-state index contributed by atoms with van der Waals surface area (Å²) in [5.41, 5.74) is 6.85. The number of likely N-dealkylation sites (tertiary alicyclic amines) is 1. The number of pyridine rings is 1. The van der Waals surface area contributed by atoms with Crippen LogP contribution in [0.5, 0.6) is 0 Å². The molecule has 0 saturated carbocycles. The Kier molecular flexibility index (Phi) is 2.19. The SMILES string of the molecule is CN1CCC(c2ccc(N)nc2)C1. The third-order valence-corrected chi connectivity index (χ3v) is 2.67. The van der Waals surface area contributed by atoms with Crippen molar-refractivity contribution in [2.24, 2.45) is 0 Å². The predicted octanol–water partition coefficient (Wildman–Crippen LogP) is 1.08. The fourth-order valence-electron chi connectivity index (χ4n) is 1.87. The molecule has 1 fully saturated rings. The molecule has 2 heterocycles. The molecule has 0 aromatic carbocycles. The zero-order valence-corrected chi connectivity index (χ0v) is 7.90. The quantitative estimate of drug-likeness (QED) is 0.698. The van der Waals surface area contributed by atoms with Gasteiger partial charge in [-0.15, -0.1) is 0 Å². The molecule has 1 aliphatic rings. The molecule has 0 spiro atoms. The van der Waals surface area contributed by atoms with Crippen molar-refractivity contribution in [2.75, 3.05) is 25.9 Å². The molecule has 0 radical (unpaired) electrons. The summed E-state index contributed by atoms with van der Waals surface area (Å²) in [7, 11) is 2.16. The minimum Gasteiger partial charge on any atom is -0.384 e. The van der Waals surface area contributed by atoms with Crippen molar-refractivity contribution in [2.45, 2.75) is 12.3 Å². The fraction of sp³-hybridized carbons (Fsp3) is 0.500. The van der Waals surface area contributed by atoms with E-state index in [2.05, 4.69) is 23.0 Å². The standard InChI is InChI=1S/C10H15N3/c1-13-5-4-9(7-13)8-2-3-10(11)12-6-8/h2-3,6,9H,4-5,7H2,1H3,(H2,11,12). The first-order valence-corrected chi connectivity index (χ1v) is 4.65. The fourth-order valence-corrected chi connectivity index (χ4v) is 1.87. The van der Waals surface area contributed by atoms with E-state index in [0.29, 0.717) is 11.7 Å². The predicted molar refractivity (Wildman–Crippen MR) is 53.5 cm³/mol. The van der Waals surface area contributed by atoms with Crippen LogP contribution >= 0.6 is 0 Å². The summed E-state index contributed by atoms with van der Waals surface area (Å²) in [6, 6.07) is 3.97. The Morgan fingerprint density at radius 3 is 2.92 bits per heavy atom. The van der Waals surface area contributed by atoms with E-state index in [-0.39, 0.29) is 0 Å². The Morgan fingerprint density at radius 2 is 2.38 bits per heavy atom. The lowest BCUT2D eigenvalue weighted by molar-refractivity contribution is 0.411. The highest BCUT2D eigenvalue weighted by atomic mass is 15.1. The number of nitrogens with zero attached hydrogens (tertiary/aromatic N) is 2. The van der Waals surface area contributed by atoms with E-state index < -0.39 is 0 Å². The van der Waals surface area contributed by atoms with Crippen LogP contribution in [0.2, 0.25) is 0 Å². The molecule has 2 rings (SSSR count). The van der Waals surface area contributed by atoms with Crippen molar-refractivity contribution in [3.63, 3.8) is 0 Å². The van der Waals surface area contributed by atoms with Gasteiger partial charge in [-0.2, -0.15) is 0 Å². The van der Waals surface area contributed by atoms with Crippen LogP contribution in [-0.4, -0.2) is 30.0 Å². The zero-order valence-electron chi connectivity index (χ0n) is 7.90. The molecular weight excluding hydrogens is 162 g/mol. The number of hydrogen-bond acceptors (Lipinski definition) is 3. The monoisotopic (exact) mass is 177 g/mol. The summed E-state index contributed by atoms with van der Waals surface area (Å²) in [6.07, 6.45) is 3.14. The van der Waals surface area contributed by atoms with E-state index in [1.165, 1.54) is 18.5 Å². The molecular formula is C10H15N3. The average Bonchev–Trinajstić information content (AvgIpc) is 2.53. The molecule has 1 saturated heterocycles. The maximum Gasteiger partial charge on any atom is 0.123 e. The molecule has 13 heavy (non-hydrogen) atoms. The zero-order chi connectivity index (χ0) is 9.26. The molecule has 0 aliphatic carbocycles. The summed E-state index contributed by atoms with van der Waals surface area (Å²) in [6.45, 7) is 2.33. The van der Waals surface area contributed by atoms with Gasteiger partial charge in [0, 0.05) is 12.7 Å². The van der Waals surface area contributed by atoms with Gasteiger partial charge in [-0.3, -0.25) is 0 Å². The molecule has 70 valence electrons. The molecule has 1 aromatic heterocycles. The van der Waals surface area contributed by atoms with E-state index in [4.69, 9.17) is 5.73 Å². The molecule has 1 aliphatic heterocycles. The summed E-state index contributed by atoms with van der Waals surface area (Å²) in [5.74, 6) is 1.26. The van der Waals surface area contributed by atoms with Crippen LogP contribution < -0.4 is 5.73 Å². The molecule has 0 bridgehead atoms. The average molecular weight is 177 g/mol. The second kappa shape index (κ2) is 3.34. The van der Waals surface area contributed by atoms with Gasteiger partial charge < -0.3 is 10.6 Å². The maximum atomic E-state index is 5.53. The first-order valence-electron chi connectivity index (χ1n) is 4.65. The highest BCUT2D eigenvalue weighted by Gasteiger charge is 2.20. The van der Waals surface area contributed by atoms with Gasteiger partial charge in [-0.25, -0.2) is 4.98 Å². The van der Waals surface area contributed by atoms with Crippen LogP contribution in [0.4, 0.5) is 5.82 Å². The summed E-state index contributed by atoms with van der Waals surface area (Å²) >= 11 is 0. The van der Waals surface area contributed by atoms with Gasteiger partial charge >= 0.3 is 0 Å². The minimum atomic E-state index is 0.607. The number of rotatable bonds is 1. The van der Waals surface area contributed by atoms with Gasteiger partial charge in [-0.05, 0) is 37.6 Å². The van der Waals surface area contributed by atoms with E-state index >= 15 is 0 Å². The van der Waals surface area contributed by atoms with E-state index in [9.17, 15) is 0 Å². The highest BCUT2D eigenvalue weighted by molar-refractivity contribution is 5.31. The molecule has 1 unspecified atom stereocenters. The smallest absolute Gasteiger partial charge is 0.123 e. The van der Waals surface area contributed by atoms with Crippen molar-refractivity contribution in [3.8, 4) is 0 Å². The van der Waals surface area contributed by atoms with Gasteiger partial charge in [-0.1, -0.05) is 6.07 Å². The Hall–Kier alpha value is -1.09. The number of anilines is 1. The van der Waals surface area contributed by atoms with Crippen molar-refractivity contribution < 1.29 is 0 Å². The molecule has 1 aromatic rings. The lowest BCUT2D eigenvalue weighted by atomic mass is 10.0. The lowest BCUT2D eigenvalue weighted by Crippen LogP contribution is -2.13. The largest absolute Gasteiger partial charge is 0.384 e. The van der Waals surface area contributed by atoms with Crippen LogP contribution in [0.25, 0.3) is 0 Å². The van der Waals surface area contributed by atoms with Gasteiger partial charge in [0.05, 0.1) is 0 Å². The molecule has 1 atom stereocenters. The normalized spacial score (nSPS) is 23.6. The van der Waals surface area contributed by atoms with Crippen LogP contribution in [-0.2, 0) is 0 Å². The maximum absolute atomic E-state index is 5.53. The summed E-state index contributed by atoms with van der Waals surface area (Å²) < 4.78 is 0. The van der Waals surface area contributed by atoms with Crippen molar-refractivity contribution in [1.29, 1.82) is 0 Å². The summed E-state index contributed by atoms with van der Waals surface area (Å²) in [5, 5.41) is 0. The van der Waals surface area contributed by atoms with Gasteiger partial charge in [0.1, 0.15) is 5.82 Å². The van der Waals surface area contributed by atoms with Crippen molar-refractivity contribution in [1.82, 2.24) is 9.88 Å². The van der Waals surface area contributed by atoms with Crippen molar-refractivity contribution in [3.05, 3.63) is 23.9 Å². The highest BCUT2D eigenvalue weighted by Crippen LogP contribution is 2.25. The molecule has 3 nitrogen and oxygen atoms in total. The van der Waals surface area contributed by atoms with E-state index in [1.54, 1.807) is 0 Å². The second-order valence-corrected chi connectivity index (χ2v) is 3.76. The van der Waals surface area contributed by atoms with Gasteiger partial charge in [0.2, 0.25) is 0 Å². The van der Waals surface area contributed by atoms with Gasteiger partial charge in [0.15, 0.2) is 0 Å². The second-order valence-electron chi connectivity index (χ2n) is 3.76. The topological polar surface area (TPSA) is 42.1 Å². The number of nitrogens with two attached hydrogens (primary N) is 1. The van der Waals surface area contributed by atoms with Crippen LogP contribution in [0.1, 0.15) is 17.9 Å². The number of aromatic nitrogens is 1.